The Hall–Kier alpha value is -2.15. The van der Waals surface area contributed by atoms with E-state index in [2.05, 4.69) is 5.32 Å². The molecule has 0 radical (unpaired) electrons. The minimum absolute atomic E-state index is 0.0309. The van der Waals surface area contributed by atoms with Gasteiger partial charge in [0.2, 0.25) is 5.91 Å². The molecule has 0 aliphatic heterocycles. The van der Waals surface area contributed by atoms with Gasteiger partial charge in [-0.3, -0.25) is 9.59 Å². The molecule has 1 aromatic heterocycles. The first-order valence-electron chi connectivity index (χ1n) is 12.4. The molecule has 2 bridgehead atoms. The first kappa shape index (κ1) is 24.0. The summed E-state index contributed by atoms with van der Waals surface area (Å²) in [5.74, 6) is -2.97. The Labute approximate surface area is 199 Å². The average Bonchev–Trinajstić information content (AvgIpc) is 3.43. The van der Waals surface area contributed by atoms with Gasteiger partial charge >= 0.3 is 11.9 Å². The normalized spacial score (nSPS) is 26.7. The summed E-state index contributed by atoms with van der Waals surface area (Å²) in [7, 11) is 0. The van der Waals surface area contributed by atoms with E-state index in [4.69, 9.17) is 4.74 Å². The number of ether oxygens (including phenoxy) is 1. The number of allylic oxidation sites excluding steroid dienone is 2. The Bertz CT molecular complexity index is 974. The number of carbonyl (C=O) groups is 3. The molecule has 0 saturated heterocycles. The molecule has 7 heteroatoms. The van der Waals surface area contributed by atoms with Gasteiger partial charge in [0.1, 0.15) is 5.00 Å². The summed E-state index contributed by atoms with van der Waals surface area (Å²) in [6, 6.07) is 0. The van der Waals surface area contributed by atoms with Gasteiger partial charge in [-0.1, -0.05) is 30.4 Å². The molecule has 1 heterocycles. The quantitative estimate of drug-likeness (QED) is 0.429. The van der Waals surface area contributed by atoms with Gasteiger partial charge in [-0.25, -0.2) is 4.79 Å². The largest absolute Gasteiger partial charge is 0.481 e. The first-order chi connectivity index (χ1) is 15.8. The van der Waals surface area contributed by atoms with Gasteiger partial charge in [0.25, 0.3) is 0 Å². The lowest BCUT2D eigenvalue weighted by Crippen LogP contribution is -2.38. The fourth-order valence-electron chi connectivity index (χ4n) is 6.40. The minimum Gasteiger partial charge on any atom is -0.481 e. The fourth-order valence-corrected chi connectivity index (χ4v) is 7.68. The number of hydrogen-bond acceptors (Lipinski definition) is 5. The predicted molar refractivity (Wildman–Crippen MR) is 129 cm³/mol. The van der Waals surface area contributed by atoms with E-state index in [1.807, 2.05) is 13.8 Å². The monoisotopic (exact) mass is 473 g/mol. The Kier molecular flexibility index (Phi) is 7.27. The smallest absolute Gasteiger partial charge is 0.341 e. The van der Waals surface area contributed by atoms with Gasteiger partial charge in [-0.05, 0) is 76.7 Å². The summed E-state index contributed by atoms with van der Waals surface area (Å²) < 4.78 is 5.38. The number of aliphatic carboxylic acids is 1. The Morgan fingerprint density at radius 2 is 1.64 bits per heavy atom. The minimum atomic E-state index is -0.901. The third-order valence-corrected chi connectivity index (χ3v) is 8.85. The zero-order chi connectivity index (χ0) is 23.7. The third kappa shape index (κ3) is 4.48. The Morgan fingerprint density at radius 3 is 2.27 bits per heavy atom. The van der Waals surface area contributed by atoms with Crippen molar-refractivity contribution in [1.82, 2.24) is 0 Å². The highest BCUT2D eigenvalue weighted by Crippen LogP contribution is 2.57. The van der Waals surface area contributed by atoms with Crippen LogP contribution in [0.2, 0.25) is 0 Å². The summed E-state index contributed by atoms with van der Waals surface area (Å²) in [6.07, 6.45) is 8.98. The number of aryl methyl sites for hydroxylation is 1. The molecule has 33 heavy (non-hydrogen) atoms. The van der Waals surface area contributed by atoms with Crippen molar-refractivity contribution in [3.63, 3.8) is 0 Å². The molecule has 1 amide bonds. The summed E-state index contributed by atoms with van der Waals surface area (Å²) in [5, 5.41) is 13.5. The number of fused-ring (bicyclic) bond motifs is 3. The van der Waals surface area contributed by atoms with Crippen LogP contribution in [-0.2, 0) is 27.2 Å². The number of thiophene rings is 1. The van der Waals surface area contributed by atoms with Crippen LogP contribution in [0.15, 0.2) is 11.1 Å². The van der Waals surface area contributed by atoms with Crippen LogP contribution in [0.1, 0.15) is 86.5 Å². The summed E-state index contributed by atoms with van der Waals surface area (Å²) in [6.45, 7) is 6.08. The number of hydrogen-bond donors (Lipinski definition) is 2. The van der Waals surface area contributed by atoms with Gasteiger partial charge in [0, 0.05) is 4.88 Å². The van der Waals surface area contributed by atoms with Crippen molar-refractivity contribution in [3.05, 3.63) is 27.2 Å². The van der Waals surface area contributed by atoms with Crippen molar-refractivity contribution in [2.45, 2.75) is 78.6 Å². The molecular formula is C26H35NO5S. The van der Waals surface area contributed by atoms with Gasteiger partial charge in [0.15, 0.2) is 0 Å². The van der Waals surface area contributed by atoms with Crippen LogP contribution in [0.4, 0.5) is 5.00 Å². The lowest BCUT2D eigenvalue weighted by atomic mass is 9.78. The van der Waals surface area contributed by atoms with Gasteiger partial charge in [-0.2, -0.15) is 0 Å². The van der Waals surface area contributed by atoms with Crippen LogP contribution in [-0.4, -0.2) is 29.6 Å². The fraction of sp³-hybridized carbons (Fsp3) is 0.654. The molecule has 4 rings (SSSR count). The Balaban J connectivity index is 1.68. The van der Waals surface area contributed by atoms with Crippen molar-refractivity contribution in [2.24, 2.45) is 23.7 Å². The zero-order valence-corrected chi connectivity index (χ0v) is 20.7. The van der Waals surface area contributed by atoms with Crippen molar-refractivity contribution in [3.8, 4) is 0 Å². The van der Waals surface area contributed by atoms with E-state index >= 15 is 0 Å². The number of carbonyl (C=O) groups excluding carboxylic acids is 2. The third-order valence-electron chi connectivity index (χ3n) is 7.64. The molecule has 0 unspecified atom stereocenters. The highest BCUT2D eigenvalue weighted by atomic mass is 32.1. The van der Waals surface area contributed by atoms with Gasteiger partial charge in [0.05, 0.1) is 24.0 Å². The lowest BCUT2D eigenvalue weighted by Gasteiger charge is -2.26. The maximum atomic E-state index is 13.6. The molecule has 0 spiro atoms. The van der Waals surface area contributed by atoms with Crippen LogP contribution in [0.5, 0.6) is 0 Å². The Morgan fingerprint density at radius 1 is 1.00 bits per heavy atom. The second-order valence-electron chi connectivity index (χ2n) is 9.82. The molecule has 4 atom stereocenters. The standard InChI is InChI=1S/C26H35NO5S/c1-4-32-26(31)22-15-10-8-6-5-7-9-11-18(15)33-24(22)27-23(28)20-16-12-13-17(19(16)14(2)3)21(20)25(29)30/h16-17,20-21H,4-13H2,1-3H3,(H,27,28)(H,29,30)/t16-,17-,20-,21-/m0/s1. The summed E-state index contributed by atoms with van der Waals surface area (Å²) in [4.78, 5) is 39.9. The van der Waals surface area contributed by atoms with Crippen LogP contribution in [0.25, 0.3) is 0 Å². The van der Waals surface area contributed by atoms with Crippen molar-refractivity contribution >= 4 is 34.2 Å². The number of nitrogens with one attached hydrogen (secondary N) is 1. The van der Waals surface area contributed by atoms with E-state index in [0.717, 1.165) is 66.5 Å². The number of amides is 1. The van der Waals surface area contributed by atoms with Crippen molar-refractivity contribution in [1.29, 1.82) is 0 Å². The highest BCUT2D eigenvalue weighted by molar-refractivity contribution is 7.17. The number of rotatable bonds is 5. The number of carboxylic acids is 1. The van der Waals surface area contributed by atoms with E-state index < -0.39 is 23.8 Å². The first-order valence-corrected chi connectivity index (χ1v) is 13.2. The average molecular weight is 474 g/mol. The maximum absolute atomic E-state index is 13.6. The van der Waals surface area contributed by atoms with E-state index in [-0.39, 0.29) is 24.3 Å². The second-order valence-corrected chi connectivity index (χ2v) is 10.9. The predicted octanol–water partition coefficient (Wildman–Crippen LogP) is 5.61. The summed E-state index contributed by atoms with van der Waals surface area (Å²) >= 11 is 1.48. The van der Waals surface area contributed by atoms with Crippen LogP contribution in [0, 0.1) is 23.7 Å². The van der Waals surface area contributed by atoms with Crippen LogP contribution < -0.4 is 5.32 Å². The molecule has 6 nitrogen and oxygen atoms in total. The number of carboxylic acid groups (broad SMARTS) is 1. The van der Waals surface area contributed by atoms with Crippen LogP contribution >= 0.6 is 11.3 Å². The molecule has 1 aromatic rings. The van der Waals surface area contributed by atoms with E-state index in [1.54, 1.807) is 6.92 Å². The molecule has 0 aromatic carbocycles. The molecular weight excluding hydrogens is 438 g/mol. The van der Waals surface area contributed by atoms with Crippen molar-refractivity contribution in [2.75, 3.05) is 11.9 Å². The van der Waals surface area contributed by atoms with Crippen molar-refractivity contribution < 1.29 is 24.2 Å². The van der Waals surface area contributed by atoms with E-state index in [0.29, 0.717) is 10.6 Å². The summed E-state index contributed by atoms with van der Waals surface area (Å²) in [5.41, 5.74) is 3.79. The molecule has 2 fully saturated rings. The zero-order valence-electron chi connectivity index (χ0n) is 19.9. The lowest BCUT2D eigenvalue weighted by molar-refractivity contribution is -0.148. The van der Waals surface area contributed by atoms with Crippen LogP contribution in [0.3, 0.4) is 0 Å². The highest BCUT2D eigenvalue weighted by Gasteiger charge is 2.57. The van der Waals surface area contributed by atoms with Gasteiger partial charge in [-0.15, -0.1) is 11.3 Å². The number of anilines is 1. The molecule has 2 N–H and O–H groups in total. The van der Waals surface area contributed by atoms with Gasteiger partial charge < -0.3 is 15.2 Å². The molecule has 180 valence electrons. The van der Waals surface area contributed by atoms with E-state index in [1.165, 1.54) is 24.2 Å². The number of esters is 1. The molecule has 3 aliphatic carbocycles. The topological polar surface area (TPSA) is 92.7 Å². The SMILES string of the molecule is CCOC(=O)c1c(NC(=O)[C@@H]2[C@@H](C(=O)O)[C@H]3CC[C@H]2C3=C(C)C)sc2c1CCCCCCC2. The maximum Gasteiger partial charge on any atom is 0.341 e. The molecule has 2 saturated carbocycles. The van der Waals surface area contributed by atoms with E-state index in [9.17, 15) is 19.5 Å². The second kappa shape index (κ2) is 10.00. The molecule has 3 aliphatic rings.